The van der Waals surface area contributed by atoms with Gasteiger partial charge in [-0.15, -0.1) is 0 Å². The highest BCUT2D eigenvalue weighted by atomic mass is 79.9. The summed E-state index contributed by atoms with van der Waals surface area (Å²) in [5.74, 6) is 1.41. The molecule has 1 fully saturated rings. The Kier molecular flexibility index (Phi) is 6.73. The zero-order valence-corrected chi connectivity index (χ0v) is 22.9. The van der Waals surface area contributed by atoms with Crippen LogP contribution in [0.2, 0.25) is 0 Å². The standard InChI is InChI=1S/C28H27BrN4O2S/c1-17-14-22(18(2)32(17)20-9-7-8-19(29)15-20)27-26(23-10-5-6-13-30-23)31-28(36)33(27)24-12-11-21(34-3)16-25(24)35-4/h5-16,26-27H,1-4H3,(H,31,36)/t26-,27+/m0/s1. The average Bonchev–Trinajstić information content (AvgIpc) is 3.38. The van der Waals surface area contributed by atoms with E-state index < -0.39 is 0 Å². The Morgan fingerprint density at radius 2 is 1.81 bits per heavy atom. The van der Waals surface area contributed by atoms with Gasteiger partial charge in [-0.1, -0.05) is 28.1 Å². The average molecular weight is 564 g/mol. The van der Waals surface area contributed by atoms with Crippen molar-refractivity contribution in [1.29, 1.82) is 0 Å². The van der Waals surface area contributed by atoms with Gasteiger partial charge in [0.1, 0.15) is 11.5 Å². The summed E-state index contributed by atoms with van der Waals surface area (Å²) in [7, 11) is 3.31. The van der Waals surface area contributed by atoms with E-state index in [2.05, 4.69) is 73.8 Å². The molecule has 2 aromatic carbocycles. The van der Waals surface area contributed by atoms with E-state index >= 15 is 0 Å². The lowest BCUT2D eigenvalue weighted by molar-refractivity contribution is 0.394. The van der Waals surface area contributed by atoms with Crippen molar-refractivity contribution in [1.82, 2.24) is 14.9 Å². The third kappa shape index (κ3) is 4.24. The normalized spacial score (nSPS) is 17.2. The van der Waals surface area contributed by atoms with Crippen LogP contribution in [0.25, 0.3) is 5.69 Å². The second-order valence-electron chi connectivity index (χ2n) is 8.68. The van der Waals surface area contributed by atoms with E-state index in [1.54, 1.807) is 14.2 Å². The van der Waals surface area contributed by atoms with Gasteiger partial charge in [-0.05, 0) is 80.2 Å². The molecule has 2 aromatic heterocycles. The van der Waals surface area contributed by atoms with Crippen LogP contribution in [-0.2, 0) is 0 Å². The number of anilines is 1. The van der Waals surface area contributed by atoms with Crippen LogP contribution in [0, 0.1) is 13.8 Å². The largest absolute Gasteiger partial charge is 0.497 e. The number of nitrogens with zero attached hydrogens (tertiary/aromatic N) is 3. The van der Waals surface area contributed by atoms with Crippen molar-refractivity contribution in [2.24, 2.45) is 0 Å². The van der Waals surface area contributed by atoms with Crippen molar-refractivity contribution in [3.8, 4) is 17.2 Å². The van der Waals surface area contributed by atoms with Gasteiger partial charge in [-0.2, -0.15) is 0 Å². The molecule has 5 rings (SSSR count). The lowest BCUT2D eigenvalue weighted by Crippen LogP contribution is -2.30. The van der Waals surface area contributed by atoms with E-state index in [0.29, 0.717) is 10.9 Å². The molecule has 1 aliphatic heterocycles. The monoisotopic (exact) mass is 562 g/mol. The van der Waals surface area contributed by atoms with Gasteiger partial charge < -0.3 is 24.3 Å². The first-order valence-corrected chi connectivity index (χ1v) is 12.8. The SMILES string of the molecule is COc1ccc(N2C(=S)N[C@@H](c3ccccn3)[C@H]2c2cc(C)n(-c3cccc(Br)c3)c2C)c(OC)c1. The first-order valence-electron chi connectivity index (χ1n) is 11.6. The fourth-order valence-electron chi connectivity index (χ4n) is 5.01. The summed E-state index contributed by atoms with van der Waals surface area (Å²) in [5, 5.41) is 4.16. The molecule has 0 spiro atoms. The molecule has 1 aliphatic rings. The Labute approximate surface area is 225 Å². The lowest BCUT2D eigenvalue weighted by atomic mass is 9.96. The van der Waals surface area contributed by atoms with Crippen LogP contribution >= 0.6 is 28.1 Å². The Morgan fingerprint density at radius 3 is 2.50 bits per heavy atom. The predicted octanol–water partition coefficient (Wildman–Crippen LogP) is 6.45. The Bertz CT molecular complexity index is 1420. The van der Waals surface area contributed by atoms with Gasteiger partial charge >= 0.3 is 0 Å². The molecule has 1 saturated heterocycles. The van der Waals surface area contributed by atoms with Gasteiger partial charge in [0.25, 0.3) is 0 Å². The summed E-state index contributed by atoms with van der Waals surface area (Å²) >= 11 is 9.54. The van der Waals surface area contributed by atoms with E-state index in [1.165, 1.54) is 0 Å². The highest BCUT2D eigenvalue weighted by Crippen LogP contribution is 2.46. The molecule has 8 heteroatoms. The maximum atomic E-state index is 5.93. The first-order chi connectivity index (χ1) is 17.4. The third-order valence-corrected chi connectivity index (χ3v) is 7.41. The van der Waals surface area contributed by atoms with E-state index in [1.807, 2.05) is 48.7 Å². The number of hydrogen-bond acceptors (Lipinski definition) is 4. The summed E-state index contributed by atoms with van der Waals surface area (Å²) in [6.45, 7) is 4.29. The van der Waals surface area contributed by atoms with Gasteiger partial charge in [0, 0.05) is 33.8 Å². The second-order valence-corrected chi connectivity index (χ2v) is 9.98. The van der Waals surface area contributed by atoms with Crippen LogP contribution in [0.15, 0.2) is 77.4 Å². The van der Waals surface area contributed by atoms with E-state index in [0.717, 1.165) is 44.2 Å². The number of aryl methyl sites for hydroxylation is 1. The number of ether oxygens (including phenoxy) is 2. The summed E-state index contributed by atoms with van der Waals surface area (Å²) in [6.07, 6.45) is 1.82. The van der Waals surface area contributed by atoms with Crippen molar-refractivity contribution in [3.63, 3.8) is 0 Å². The van der Waals surface area contributed by atoms with E-state index in [-0.39, 0.29) is 12.1 Å². The number of halogens is 1. The highest BCUT2D eigenvalue weighted by Gasteiger charge is 2.43. The first kappa shape index (κ1) is 24.3. The number of thiocarbonyl (C=S) groups is 1. The zero-order chi connectivity index (χ0) is 25.4. The van der Waals surface area contributed by atoms with E-state index in [9.17, 15) is 0 Å². The molecule has 2 atom stereocenters. The summed E-state index contributed by atoms with van der Waals surface area (Å²) < 4.78 is 14.5. The molecule has 0 aliphatic carbocycles. The Morgan fingerprint density at radius 1 is 0.972 bits per heavy atom. The molecule has 36 heavy (non-hydrogen) atoms. The minimum atomic E-state index is -0.151. The van der Waals surface area contributed by atoms with Crippen LogP contribution in [0.4, 0.5) is 5.69 Å². The number of aromatic nitrogens is 2. The highest BCUT2D eigenvalue weighted by molar-refractivity contribution is 9.10. The summed E-state index contributed by atoms with van der Waals surface area (Å²) in [5.41, 5.74) is 6.33. The van der Waals surface area contributed by atoms with Gasteiger partial charge in [-0.3, -0.25) is 4.98 Å². The van der Waals surface area contributed by atoms with Crippen molar-refractivity contribution in [3.05, 3.63) is 100 Å². The molecule has 0 saturated carbocycles. The lowest BCUT2D eigenvalue weighted by Gasteiger charge is -2.29. The fourth-order valence-corrected chi connectivity index (χ4v) is 5.74. The molecule has 6 nitrogen and oxygen atoms in total. The maximum absolute atomic E-state index is 5.93. The van der Waals surface area contributed by atoms with Crippen molar-refractivity contribution < 1.29 is 9.47 Å². The van der Waals surface area contributed by atoms with Crippen LogP contribution < -0.4 is 19.7 Å². The van der Waals surface area contributed by atoms with Crippen LogP contribution in [0.3, 0.4) is 0 Å². The van der Waals surface area contributed by atoms with E-state index in [4.69, 9.17) is 21.7 Å². The van der Waals surface area contributed by atoms with Crippen LogP contribution in [-0.4, -0.2) is 28.9 Å². The number of hydrogen-bond donors (Lipinski definition) is 1. The predicted molar refractivity (Wildman–Crippen MR) is 150 cm³/mol. The molecule has 1 N–H and O–H groups in total. The quantitative estimate of drug-likeness (QED) is 0.273. The molecule has 0 bridgehead atoms. The van der Waals surface area contributed by atoms with Gasteiger partial charge in [0.05, 0.1) is 37.7 Å². The van der Waals surface area contributed by atoms with Crippen molar-refractivity contribution in [2.45, 2.75) is 25.9 Å². The number of benzene rings is 2. The van der Waals surface area contributed by atoms with Crippen molar-refractivity contribution >= 4 is 38.9 Å². The molecule has 0 radical (unpaired) electrons. The molecular formula is C28H27BrN4O2S. The molecule has 3 heterocycles. The topological polar surface area (TPSA) is 51.5 Å². The maximum Gasteiger partial charge on any atom is 0.174 e. The van der Waals surface area contributed by atoms with Crippen LogP contribution in [0.1, 0.15) is 34.7 Å². The van der Waals surface area contributed by atoms with Crippen LogP contribution in [0.5, 0.6) is 11.5 Å². The molecule has 0 amide bonds. The Hall–Kier alpha value is -3.36. The van der Waals surface area contributed by atoms with Gasteiger partial charge in [0.2, 0.25) is 0 Å². The minimum Gasteiger partial charge on any atom is -0.497 e. The third-order valence-electron chi connectivity index (χ3n) is 6.60. The molecule has 184 valence electrons. The molecular weight excluding hydrogens is 536 g/mol. The minimum absolute atomic E-state index is 0.151. The number of nitrogens with one attached hydrogen (secondary N) is 1. The summed E-state index contributed by atoms with van der Waals surface area (Å²) in [4.78, 5) is 6.82. The fraction of sp³-hybridized carbons (Fsp3) is 0.214. The summed E-state index contributed by atoms with van der Waals surface area (Å²) in [6, 6.07) is 22.0. The van der Waals surface area contributed by atoms with Crippen molar-refractivity contribution in [2.75, 3.05) is 19.1 Å². The second kappa shape index (κ2) is 9.95. The zero-order valence-electron chi connectivity index (χ0n) is 20.5. The van der Waals surface area contributed by atoms with Gasteiger partial charge in [0.15, 0.2) is 5.11 Å². The number of pyridine rings is 1. The Balaban J connectivity index is 1.70. The smallest absolute Gasteiger partial charge is 0.174 e. The van der Waals surface area contributed by atoms with Gasteiger partial charge in [-0.25, -0.2) is 0 Å². The molecule has 4 aromatic rings. The number of rotatable bonds is 6. The number of methoxy groups -OCH3 is 2. The molecule has 0 unspecified atom stereocenters.